The Morgan fingerprint density at radius 3 is 2.57 bits per heavy atom. The fourth-order valence-corrected chi connectivity index (χ4v) is 3.13. The van der Waals surface area contributed by atoms with E-state index in [9.17, 15) is 4.79 Å². The van der Waals surface area contributed by atoms with E-state index in [1.54, 1.807) is 24.8 Å². The molecular weight excluding hydrogens is 350 g/mol. The molecule has 0 spiro atoms. The van der Waals surface area contributed by atoms with Crippen LogP contribution in [0.3, 0.4) is 0 Å². The third-order valence-electron chi connectivity index (χ3n) is 4.84. The quantitative estimate of drug-likeness (QED) is 0.663. The van der Waals surface area contributed by atoms with Gasteiger partial charge in [-0.05, 0) is 42.7 Å². The van der Waals surface area contributed by atoms with Crippen LogP contribution in [-0.4, -0.2) is 45.9 Å². The van der Waals surface area contributed by atoms with Crippen LogP contribution in [0, 0.1) is 0 Å². The zero-order valence-electron chi connectivity index (χ0n) is 16.1. The van der Waals surface area contributed by atoms with Crippen LogP contribution in [0.25, 0.3) is 11.3 Å². The molecule has 0 unspecified atom stereocenters. The topological polar surface area (TPSA) is 62.2 Å². The highest BCUT2D eigenvalue weighted by Gasteiger charge is 2.33. The molecule has 2 aromatic heterocycles. The summed E-state index contributed by atoms with van der Waals surface area (Å²) in [5, 5.41) is 0. The summed E-state index contributed by atoms with van der Waals surface area (Å²) in [6.45, 7) is 0.603. The Morgan fingerprint density at radius 2 is 1.86 bits per heavy atom. The highest BCUT2D eigenvalue weighted by molar-refractivity contribution is 5.95. The van der Waals surface area contributed by atoms with Gasteiger partial charge in [0, 0.05) is 50.2 Å². The van der Waals surface area contributed by atoms with Gasteiger partial charge in [-0.15, -0.1) is 0 Å². The lowest BCUT2D eigenvalue weighted by Crippen LogP contribution is -2.32. The Hall–Kier alpha value is -3.28. The first-order chi connectivity index (χ1) is 13.6. The standard InChI is InChI=1S/C22H23N5O/c1-26(2)21-14-24-13-20(25-21)17-4-3-5-18(12-17)22(28)27(19-6-7-19)15-16-8-10-23-11-9-16/h3-5,8-14,19H,6-7,15H2,1-2H3. The Morgan fingerprint density at radius 1 is 1.07 bits per heavy atom. The van der Waals surface area contributed by atoms with Gasteiger partial charge in [0.15, 0.2) is 0 Å². The lowest BCUT2D eigenvalue weighted by Gasteiger charge is -2.23. The molecule has 28 heavy (non-hydrogen) atoms. The van der Waals surface area contributed by atoms with Crippen LogP contribution < -0.4 is 4.90 Å². The number of pyridine rings is 1. The first kappa shape index (κ1) is 18.1. The summed E-state index contributed by atoms with van der Waals surface area (Å²) >= 11 is 0. The van der Waals surface area contributed by atoms with E-state index in [4.69, 9.17) is 0 Å². The second kappa shape index (κ2) is 7.76. The highest BCUT2D eigenvalue weighted by atomic mass is 16.2. The number of nitrogens with zero attached hydrogens (tertiary/aromatic N) is 5. The van der Waals surface area contributed by atoms with Crippen LogP contribution in [0.15, 0.2) is 61.2 Å². The summed E-state index contributed by atoms with van der Waals surface area (Å²) in [6.07, 6.45) is 9.11. The molecule has 1 aliphatic rings. The molecule has 0 N–H and O–H groups in total. The monoisotopic (exact) mass is 373 g/mol. The molecule has 1 aliphatic carbocycles. The average Bonchev–Trinajstić information content (AvgIpc) is 3.58. The van der Waals surface area contributed by atoms with E-state index in [0.29, 0.717) is 18.2 Å². The van der Waals surface area contributed by atoms with Crippen molar-refractivity contribution in [3.8, 4) is 11.3 Å². The number of hydrogen-bond donors (Lipinski definition) is 0. The summed E-state index contributed by atoms with van der Waals surface area (Å²) < 4.78 is 0. The molecule has 4 rings (SSSR count). The van der Waals surface area contributed by atoms with Crippen molar-refractivity contribution < 1.29 is 4.79 Å². The number of benzene rings is 1. The minimum Gasteiger partial charge on any atom is -0.361 e. The molecule has 1 saturated carbocycles. The molecule has 0 atom stereocenters. The van der Waals surface area contributed by atoms with Crippen molar-refractivity contribution in [3.63, 3.8) is 0 Å². The number of rotatable bonds is 6. The lowest BCUT2D eigenvalue weighted by atomic mass is 10.1. The van der Waals surface area contributed by atoms with Gasteiger partial charge in [-0.2, -0.15) is 0 Å². The van der Waals surface area contributed by atoms with Gasteiger partial charge in [0.25, 0.3) is 5.91 Å². The summed E-state index contributed by atoms with van der Waals surface area (Å²) in [4.78, 5) is 30.1. The zero-order valence-corrected chi connectivity index (χ0v) is 16.1. The maximum Gasteiger partial charge on any atom is 0.254 e. The second-order valence-electron chi connectivity index (χ2n) is 7.26. The maximum atomic E-state index is 13.3. The van der Waals surface area contributed by atoms with E-state index in [-0.39, 0.29) is 5.91 Å². The largest absolute Gasteiger partial charge is 0.361 e. The molecule has 1 fully saturated rings. The normalized spacial score (nSPS) is 13.2. The summed E-state index contributed by atoms with van der Waals surface area (Å²) in [7, 11) is 3.86. The molecule has 6 nitrogen and oxygen atoms in total. The number of amides is 1. The summed E-state index contributed by atoms with van der Waals surface area (Å²) in [5.74, 6) is 0.837. The SMILES string of the molecule is CN(C)c1cncc(-c2cccc(C(=O)N(Cc3ccncc3)C3CC3)c2)n1. The van der Waals surface area contributed by atoms with Crippen LogP contribution in [0.2, 0.25) is 0 Å². The minimum atomic E-state index is 0.0536. The van der Waals surface area contributed by atoms with Crippen molar-refractivity contribution in [2.75, 3.05) is 19.0 Å². The van der Waals surface area contributed by atoms with E-state index in [0.717, 1.165) is 35.5 Å². The Bertz CT molecular complexity index is 969. The Labute approximate surface area is 164 Å². The molecule has 142 valence electrons. The number of carbonyl (C=O) groups excluding carboxylic acids is 1. The predicted molar refractivity (Wildman–Crippen MR) is 109 cm³/mol. The second-order valence-corrected chi connectivity index (χ2v) is 7.26. The van der Waals surface area contributed by atoms with Crippen LogP contribution in [0.4, 0.5) is 5.82 Å². The third kappa shape index (κ3) is 4.01. The van der Waals surface area contributed by atoms with Crippen LogP contribution >= 0.6 is 0 Å². The van der Waals surface area contributed by atoms with E-state index in [1.807, 2.05) is 60.3 Å². The predicted octanol–water partition coefficient (Wildman–Crippen LogP) is 3.41. The molecule has 1 aromatic carbocycles. The molecule has 3 aromatic rings. The molecule has 2 heterocycles. The zero-order chi connectivity index (χ0) is 19.5. The third-order valence-corrected chi connectivity index (χ3v) is 4.84. The van der Waals surface area contributed by atoms with Crippen LogP contribution in [-0.2, 0) is 6.54 Å². The molecule has 0 aliphatic heterocycles. The molecule has 6 heteroatoms. The highest BCUT2D eigenvalue weighted by Crippen LogP contribution is 2.30. The number of hydrogen-bond acceptors (Lipinski definition) is 5. The molecule has 1 amide bonds. The Balaban J connectivity index is 1.61. The van der Waals surface area contributed by atoms with Crippen LogP contribution in [0.5, 0.6) is 0 Å². The number of anilines is 1. The molecule has 0 bridgehead atoms. The minimum absolute atomic E-state index is 0.0536. The maximum absolute atomic E-state index is 13.3. The van der Waals surface area contributed by atoms with Crippen molar-refractivity contribution in [2.45, 2.75) is 25.4 Å². The van der Waals surface area contributed by atoms with Crippen molar-refractivity contribution in [2.24, 2.45) is 0 Å². The van der Waals surface area contributed by atoms with E-state index in [1.165, 1.54) is 0 Å². The number of carbonyl (C=O) groups is 1. The smallest absolute Gasteiger partial charge is 0.254 e. The lowest BCUT2D eigenvalue weighted by molar-refractivity contribution is 0.0730. The molecule has 0 saturated heterocycles. The summed E-state index contributed by atoms with van der Waals surface area (Å²) in [5.41, 5.74) is 3.42. The van der Waals surface area contributed by atoms with E-state index >= 15 is 0 Å². The van der Waals surface area contributed by atoms with Gasteiger partial charge in [-0.25, -0.2) is 4.98 Å². The van der Waals surface area contributed by atoms with Gasteiger partial charge >= 0.3 is 0 Å². The molecular formula is C22H23N5O. The first-order valence-electron chi connectivity index (χ1n) is 9.41. The number of aromatic nitrogens is 3. The Kier molecular flexibility index (Phi) is 5.02. The van der Waals surface area contributed by atoms with Crippen molar-refractivity contribution in [3.05, 3.63) is 72.3 Å². The summed E-state index contributed by atoms with van der Waals surface area (Å²) in [6, 6.07) is 11.9. The van der Waals surface area contributed by atoms with Gasteiger partial charge in [-0.1, -0.05) is 12.1 Å². The van der Waals surface area contributed by atoms with Crippen molar-refractivity contribution >= 4 is 11.7 Å². The molecule has 0 radical (unpaired) electrons. The van der Waals surface area contributed by atoms with Gasteiger partial charge in [0.2, 0.25) is 0 Å². The average molecular weight is 373 g/mol. The van der Waals surface area contributed by atoms with E-state index < -0.39 is 0 Å². The van der Waals surface area contributed by atoms with Crippen LogP contribution in [0.1, 0.15) is 28.8 Å². The van der Waals surface area contributed by atoms with Gasteiger partial charge in [-0.3, -0.25) is 14.8 Å². The fourth-order valence-electron chi connectivity index (χ4n) is 3.13. The fraction of sp³-hybridized carbons (Fsp3) is 0.273. The van der Waals surface area contributed by atoms with E-state index in [2.05, 4.69) is 15.0 Å². The first-order valence-corrected chi connectivity index (χ1v) is 9.41. The van der Waals surface area contributed by atoms with Crippen molar-refractivity contribution in [1.82, 2.24) is 19.9 Å². The van der Waals surface area contributed by atoms with Gasteiger partial charge in [0.1, 0.15) is 5.82 Å². The van der Waals surface area contributed by atoms with Crippen molar-refractivity contribution in [1.29, 1.82) is 0 Å². The van der Waals surface area contributed by atoms with Gasteiger partial charge < -0.3 is 9.80 Å². The van der Waals surface area contributed by atoms with Gasteiger partial charge in [0.05, 0.1) is 18.1 Å².